The van der Waals surface area contributed by atoms with E-state index in [-0.39, 0.29) is 18.0 Å². The molecule has 1 aromatic carbocycles. The van der Waals surface area contributed by atoms with E-state index in [1.165, 1.54) is 29.7 Å². The van der Waals surface area contributed by atoms with Crippen LogP contribution in [0.5, 0.6) is 0 Å². The number of hydrogen-bond acceptors (Lipinski definition) is 4. The van der Waals surface area contributed by atoms with E-state index < -0.39 is 11.7 Å². The predicted octanol–water partition coefficient (Wildman–Crippen LogP) is 5.09. The maximum Gasteiger partial charge on any atom is 0.416 e. The van der Waals surface area contributed by atoms with Crippen molar-refractivity contribution in [1.82, 2.24) is 4.98 Å². The molecule has 2 N–H and O–H groups in total. The van der Waals surface area contributed by atoms with Crippen LogP contribution in [0.15, 0.2) is 60.1 Å². The number of amides is 1. The molecule has 0 unspecified atom stereocenters. The second-order valence-electron chi connectivity index (χ2n) is 5.44. The zero-order chi connectivity index (χ0) is 18.6. The van der Waals surface area contributed by atoms with Crippen molar-refractivity contribution in [3.05, 3.63) is 70.5 Å². The number of alkyl halides is 3. The van der Waals surface area contributed by atoms with E-state index in [0.717, 1.165) is 17.0 Å². The van der Waals surface area contributed by atoms with Gasteiger partial charge in [0.1, 0.15) is 5.82 Å². The number of halogens is 3. The molecule has 0 saturated heterocycles. The molecule has 26 heavy (non-hydrogen) atoms. The van der Waals surface area contributed by atoms with Gasteiger partial charge < -0.3 is 10.6 Å². The number of anilines is 3. The third-order valence-electron chi connectivity index (χ3n) is 3.42. The summed E-state index contributed by atoms with van der Waals surface area (Å²) in [5.74, 6) is 0.216. The number of rotatable bonds is 5. The summed E-state index contributed by atoms with van der Waals surface area (Å²) in [5.41, 5.74) is 0.0583. The maximum atomic E-state index is 12.7. The Labute approximate surface area is 151 Å². The van der Waals surface area contributed by atoms with Crippen LogP contribution in [0, 0.1) is 0 Å². The van der Waals surface area contributed by atoms with Crippen molar-refractivity contribution in [2.24, 2.45) is 0 Å². The smallest absolute Gasteiger partial charge is 0.340 e. The van der Waals surface area contributed by atoms with Gasteiger partial charge in [0.05, 0.1) is 23.9 Å². The Bertz CT molecular complexity index is 877. The van der Waals surface area contributed by atoms with Gasteiger partial charge in [0.15, 0.2) is 0 Å². The van der Waals surface area contributed by atoms with Crippen LogP contribution >= 0.6 is 11.3 Å². The Balaban J connectivity index is 1.62. The Morgan fingerprint density at radius 3 is 2.58 bits per heavy atom. The zero-order valence-corrected chi connectivity index (χ0v) is 14.2. The average molecular weight is 377 g/mol. The van der Waals surface area contributed by atoms with Gasteiger partial charge in [-0.05, 0) is 41.8 Å². The van der Waals surface area contributed by atoms with Crippen LogP contribution in [0.25, 0.3) is 0 Å². The molecule has 1 amide bonds. The van der Waals surface area contributed by atoms with Crippen molar-refractivity contribution in [1.29, 1.82) is 0 Å². The lowest BCUT2D eigenvalue weighted by Gasteiger charge is -2.10. The third-order valence-corrected chi connectivity index (χ3v) is 4.30. The van der Waals surface area contributed by atoms with Crippen LogP contribution in [0.2, 0.25) is 0 Å². The van der Waals surface area contributed by atoms with Crippen molar-refractivity contribution >= 4 is 34.4 Å². The molecule has 2 heterocycles. The number of hydrogen-bond donors (Lipinski definition) is 2. The molecule has 4 nitrogen and oxygen atoms in total. The molecule has 0 bridgehead atoms. The average Bonchev–Trinajstić information content (AvgIpc) is 3.09. The first-order valence-electron chi connectivity index (χ1n) is 7.63. The number of nitrogens with zero attached hydrogens (tertiary/aromatic N) is 1. The molecule has 0 aliphatic rings. The van der Waals surface area contributed by atoms with E-state index in [1.54, 1.807) is 12.1 Å². The highest BCUT2D eigenvalue weighted by Gasteiger charge is 2.30. The molecule has 0 fully saturated rings. The van der Waals surface area contributed by atoms with Crippen molar-refractivity contribution in [2.75, 3.05) is 10.6 Å². The molecule has 2 aromatic heterocycles. The van der Waals surface area contributed by atoms with E-state index in [1.807, 2.05) is 17.5 Å². The van der Waals surface area contributed by atoms with Crippen LogP contribution in [0.4, 0.5) is 30.4 Å². The first-order valence-corrected chi connectivity index (χ1v) is 8.51. The van der Waals surface area contributed by atoms with Crippen LogP contribution in [-0.2, 0) is 17.4 Å². The lowest BCUT2D eigenvalue weighted by molar-refractivity contribution is -0.137. The fourth-order valence-corrected chi connectivity index (χ4v) is 2.94. The first kappa shape index (κ1) is 17.9. The van der Waals surface area contributed by atoms with Gasteiger partial charge in [0.2, 0.25) is 5.91 Å². The van der Waals surface area contributed by atoms with Gasteiger partial charge in [-0.1, -0.05) is 12.1 Å². The van der Waals surface area contributed by atoms with E-state index >= 15 is 0 Å². The minimum Gasteiger partial charge on any atom is -0.340 e. The monoisotopic (exact) mass is 377 g/mol. The Morgan fingerprint density at radius 1 is 1.08 bits per heavy atom. The van der Waals surface area contributed by atoms with Gasteiger partial charge in [0.25, 0.3) is 0 Å². The Hall–Kier alpha value is -2.87. The van der Waals surface area contributed by atoms with Crippen LogP contribution in [0.3, 0.4) is 0 Å². The highest BCUT2D eigenvalue weighted by Crippen LogP contribution is 2.31. The number of nitrogens with one attached hydrogen (secondary N) is 2. The summed E-state index contributed by atoms with van der Waals surface area (Å²) in [5, 5.41) is 7.44. The molecule has 8 heteroatoms. The lowest BCUT2D eigenvalue weighted by Crippen LogP contribution is -2.13. The molecule has 3 rings (SSSR count). The maximum absolute atomic E-state index is 12.7. The molecule has 0 spiro atoms. The summed E-state index contributed by atoms with van der Waals surface area (Å²) in [6, 6.07) is 11.8. The number of thiophene rings is 1. The topological polar surface area (TPSA) is 54.0 Å². The second kappa shape index (κ2) is 7.57. The minimum atomic E-state index is -4.40. The summed E-state index contributed by atoms with van der Waals surface area (Å²) in [6.45, 7) is 0. The first-order chi connectivity index (χ1) is 12.4. The second-order valence-corrected chi connectivity index (χ2v) is 6.47. The van der Waals surface area contributed by atoms with Crippen LogP contribution in [-0.4, -0.2) is 10.9 Å². The van der Waals surface area contributed by atoms with Gasteiger partial charge >= 0.3 is 6.18 Å². The number of carbonyl (C=O) groups excluding carboxylic acids is 1. The van der Waals surface area contributed by atoms with E-state index in [9.17, 15) is 18.0 Å². The van der Waals surface area contributed by atoms with Gasteiger partial charge in [-0.2, -0.15) is 13.2 Å². The third kappa shape index (κ3) is 4.82. The van der Waals surface area contributed by atoms with Gasteiger partial charge in [0, 0.05) is 10.6 Å². The molecule has 0 aliphatic heterocycles. The number of aromatic nitrogens is 1. The zero-order valence-electron chi connectivity index (χ0n) is 13.4. The largest absolute Gasteiger partial charge is 0.416 e. The summed E-state index contributed by atoms with van der Waals surface area (Å²) < 4.78 is 38.2. The summed E-state index contributed by atoms with van der Waals surface area (Å²) in [6.07, 6.45) is -2.67. The van der Waals surface area contributed by atoms with Crippen molar-refractivity contribution in [3.63, 3.8) is 0 Å². The number of pyridine rings is 1. The standard InChI is InChI=1S/C18H14F3N3OS/c19-18(20,21)12-3-1-4-13(9-12)23-16-7-6-14(11-22-16)24-17(25)10-15-5-2-8-26-15/h1-9,11H,10H2,(H,22,23)(H,24,25). The van der Waals surface area contributed by atoms with Gasteiger partial charge in [-0.15, -0.1) is 11.3 Å². The van der Waals surface area contributed by atoms with Gasteiger partial charge in [-0.3, -0.25) is 4.79 Å². The van der Waals surface area contributed by atoms with Gasteiger partial charge in [-0.25, -0.2) is 4.98 Å². The molecule has 0 radical (unpaired) electrons. The Morgan fingerprint density at radius 2 is 1.92 bits per heavy atom. The fourth-order valence-electron chi connectivity index (χ4n) is 2.24. The highest BCUT2D eigenvalue weighted by atomic mass is 32.1. The molecule has 0 atom stereocenters. The normalized spacial score (nSPS) is 11.2. The predicted molar refractivity (Wildman–Crippen MR) is 95.6 cm³/mol. The Kier molecular flexibility index (Phi) is 5.22. The SMILES string of the molecule is O=C(Cc1cccs1)Nc1ccc(Nc2cccc(C(F)(F)F)c2)nc1. The van der Waals surface area contributed by atoms with E-state index in [0.29, 0.717) is 11.5 Å². The fraction of sp³-hybridized carbons (Fsp3) is 0.111. The van der Waals surface area contributed by atoms with E-state index in [2.05, 4.69) is 15.6 Å². The summed E-state index contributed by atoms with van der Waals surface area (Å²) in [4.78, 5) is 17.0. The highest BCUT2D eigenvalue weighted by molar-refractivity contribution is 7.10. The number of benzene rings is 1. The van der Waals surface area contributed by atoms with E-state index in [4.69, 9.17) is 0 Å². The molecule has 3 aromatic rings. The van der Waals surface area contributed by atoms with Crippen LogP contribution < -0.4 is 10.6 Å². The minimum absolute atomic E-state index is 0.159. The van der Waals surface area contributed by atoms with Crippen molar-refractivity contribution in [2.45, 2.75) is 12.6 Å². The molecule has 134 valence electrons. The summed E-state index contributed by atoms with van der Waals surface area (Å²) in [7, 11) is 0. The summed E-state index contributed by atoms with van der Waals surface area (Å²) >= 11 is 1.50. The lowest BCUT2D eigenvalue weighted by atomic mass is 10.2. The van der Waals surface area contributed by atoms with Crippen LogP contribution in [0.1, 0.15) is 10.4 Å². The molecular formula is C18H14F3N3OS. The molecule has 0 saturated carbocycles. The molecule has 0 aliphatic carbocycles. The van der Waals surface area contributed by atoms with Crippen molar-refractivity contribution in [3.8, 4) is 0 Å². The quantitative estimate of drug-likeness (QED) is 0.651. The van der Waals surface area contributed by atoms with Crippen molar-refractivity contribution < 1.29 is 18.0 Å². The molecular weight excluding hydrogens is 363 g/mol. The number of carbonyl (C=O) groups is 1.